The molecule has 0 saturated carbocycles. The maximum atomic E-state index is 13.1. The fraction of sp³-hybridized carbons (Fsp3) is 0.167. The van der Waals surface area contributed by atoms with E-state index in [4.69, 9.17) is 0 Å². The van der Waals surface area contributed by atoms with Gasteiger partial charge in [0, 0.05) is 16.8 Å². The largest absolute Gasteiger partial charge is 0.341 e. The number of nitrogens with one attached hydrogen (secondary N) is 1. The van der Waals surface area contributed by atoms with Crippen LogP contribution in [0.15, 0.2) is 48.5 Å². The van der Waals surface area contributed by atoms with Gasteiger partial charge in [-0.25, -0.2) is 13.8 Å². The summed E-state index contributed by atoms with van der Waals surface area (Å²) < 4.78 is 26.1. The molecule has 1 N–H and O–H groups in total. The SMILES string of the molecule is CCCc1[nH]c(-c2ccc(F)cc2)nc1-c1ccc(F)cc1. The number of hydrogen-bond donors (Lipinski definition) is 1. The van der Waals surface area contributed by atoms with E-state index < -0.39 is 0 Å². The smallest absolute Gasteiger partial charge is 0.138 e. The minimum atomic E-state index is -0.275. The molecule has 3 rings (SSSR count). The van der Waals surface area contributed by atoms with Crippen LogP contribution < -0.4 is 0 Å². The lowest BCUT2D eigenvalue weighted by atomic mass is 10.1. The predicted octanol–water partition coefficient (Wildman–Crippen LogP) is 4.97. The molecule has 0 aliphatic heterocycles. The minimum Gasteiger partial charge on any atom is -0.341 e. The molecule has 112 valence electrons. The quantitative estimate of drug-likeness (QED) is 0.723. The highest BCUT2D eigenvalue weighted by atomic mass is 19.1. The van der Waals surface area contributed by atoms with E-state index in [2.05, 4.69) is 16.9 Å². The summed E-state index contributed by atoms with van der Waals surface area (Å²) in [5, 5.41) is 0. The standard InChI is InChI=1S/C18H16F2N2/c1-2-3-16-17(12-4-8-14(19)9-5-12)22-18(21-16)13-6-10-15(20)11-7-13/h4-11H,2-3H2,1H3,(H,21,22). The number of hydrogen-bond acceptors (Lipinski definition) is 1. The second-order valence-electron chi connectivity index (χ2n) is 5.18. The highest BCUT2D eigenvalue weighted by molar-refractivity contribution is 5.67. The summed E-state index contributed by atoms with van der Waals surface area (Å²) in [6.07, 6.45) is 1.82. The van der Waals surface area contributed by atoms with Crippen molar-refractivity contribution in [3.05, 3.63) is 65.9 Å². The van der Waals surface area contributed by atoms with Crippen molar-refractivity contribution in [1.29, 1.82) is 0 Å². The molecule has 0 atom stereocenters. The van der Waals surface area contributed by atoms with Crippen LogP contribution in [0, 0.1) is 11.6 Å². The summed E-state index contributed by atoms with van der Waals surface area (Å²) in [6, 6.07) is 12.5. The van der Waals surface area contributed by atoms with Crippen LogP contribution >= 0.6 is 0 Å². The van der Waals surface area contributed by atoms with Crippen LogP contribution in [0.5, 0.6) is 0 Å². The Balaban J connectivity index is 2.05. The number of halogens is 2. The molecule has 0 aliphatic rings. The molecule has 0 aliphatic carbocycles. The monoisotopic (exact) mass is 298 g/mol. The second kappa shape index (κ2) is 6.10. The molecule has 22 heavy (non-hydrogen) atoms. The maximum Gasteiger partial charge on any atom is 0.138 e. The average molecular weight is 298 g/mol. The van der Waals surface area contributed by atoms with Gasteiger partial charge < -0.3 is 4.98 Å². The van der Waals surface area contributed by atoms with Gasteiger partial charge in [0.15, 0.2) is 0 Å². The Labute approximate surface area is 127 Å². The highest BCUT2D eigenvalue weighted by Crippen LogP contribution is 2.27. The summed E-state index contributed by atoms with van der Waals surface area (Å²) in [5.74, 6) is 0.153. The van der Waals surface area contributed by atoms with Crippen LogP contribution in [-0.4, -0.2) is 9.97 Å². The molecule has 0 unspecified atom stereocenters. The highest BCUT2D eigenvalue weighted by Gasteiger charge is 2.13. The molecule has 3 aromatic rings. The summed E-state index contributed by atoms with van der Waals surface area (Å²) in [6.45, 7) is 2.09. The third-order valence-electron chi connectivity index (χ3n) is 3.51. The summed E-state index contributed by atoms with van der Waals surface area (Å²) in [4.78, 5) is 7.93. The number of benzene rings is 2. The molecule has 0 amide bonds. The Morgan fingerprint density at radius 3 is 1.95 bits per heavy atom. The van der Waals surface area contributed by atoms with Crippen LogP contribution in [-0.2, 0) is 6.42 Å². The first-order valence-electron chi connectivity index (χ1n) is 7.28. The number of aromatic amines is 1. The van der Waals surface area contributed by atoms with Gasteiger partial charge in [0.05, 0.1) is 5.69 Å². The Kier molecular flexibility index (Phi) is 4.00. The lowest BCUT2D eigenvalue weighted by molar-refractivity contribution is 0.627. The number of H-pyrrole nitrogens is 1. The topological polar surface area (TPSA) is 28.7 Å². The van der Waals surface area contributed by atoms with E-state index in [9.17, 15) is 8.78 Å². The lowest BCUT2D eigenvalue weighted by Gasteiger charge is -2.01. The Hall–Kier alpha value is -2.49. The van der Waals surface area contributed by atoms with Crippen LogP contribution in [0.25, 0.3) is 22.6 Å². The zero-order valence-corrected chi connectivity index (χ0v) is 12.2. The Bertz CT molecular complexity index is 759. The van der Waals surface area contributed by atoms with E-state index in [-0.39, 0.29) is 11.6 Å². The van der Waals surface area contributed by atoms with Gasteiger partial charge >= 0.3 is 0 Å². The number of rotatable bonds is 4. The molecule has 0 spiro atoms. The zero-order chi connectivity index (χ0) is 15.5. The fourth-order valence-electron chi connectivity index (χ4n) is 2.43. The van der Waals surface area contributed by atoms with Crippen molar-refractivity contribution in [3.8, 4) is 22.6 Å². The molecule has 2 aromatic carbocycles. The summed E-state index contributed by atoms with van der Waals surface area (Å²) in [7, 11) is 0. The van der Waals surface area contributed by atoms with Gasteiger partial charge in [-0.1, -0.05) is 13.3 Å². The van der Waals surface area contributed by atoms with Gasteiger partial charge in [-0.15, -0.1) is 0 Å². The molecule has 4 heteroatoms. The third kappa shape index (κ3) is 2.91. The molecular formula is C18H16F2N2. The minimum absolute atomic E-state index is 0.268. The average Bonchev–Trinajstić information content (AvgIpc) is 2.93. The molecule has 2 nitrogen and oxygen atoms in total. The van der Waals surface area contributed by atoms with Crippen molar-refractivity contribution >= 4 is 0 Å². The van der Waals surface area contributed by atoms with Crippen molar-refractivity contribution < 1.29 is 8.78 Å². The molecule has 0 bridgehead atoms. The summed E-state index contributed by atoms with van der Waals surface area (Å²) in [5.41, 5.74) is 3.52. The van der Waals surface area contributed by atoms with E-state index in [1.165, 1.54) is 24.3 Å². The number of aromatic nitrogens is 2. The van der Waals surface area contributed by atoms with Crippen molar-refractivity contribution in [1.82, 2.24) is 9.97 Å². The van der Waals surface area contributed by atoms with Crippen molar-refractivity contribution in [3.63, 3.8) is 0 Å². The van der Waals surface area contributed by atoms with E-state index in [1.807, 2.05) is 0 Å². The van der Waals surface area contributed by atoms with Gasteiger partial charge in [-0.2, -0.15) is 0 Å². The van der Waals surface area contributed by atoms with Crippen molar-refractivity contribution in [2.24, 2.45) is 0 Å². The molecular weight excluding hydrogens is 282 g/mol. The van der Waals surface area contributed by atoms with Crippen molar-refractivity contribution in [2.45, 2.75) is 19.8 Å². The van der Waals surface area contributed by atoms with E-state index >= 15 is 0 Å². The van der Waals surface area contributed by atoms with Crippen LogP contribution in [0.2, 0.25) is 0 Å². The van der Waals surface area contributed by atoms with Gasteiger partial charge in [0.2, 0.25) is 0 Å². The van der Waals surface area contributed by atoms with Crippen LogP contribution in [0.1, 0.15) is 19.0 Å². The maximum absolute atomic E-state index is 13.1. The van der Waals surface area contributed by atoms with E-state index in [0.29, 0.717) is 5.82 Å². The third-order valence-corrected chi connectivity index (χ3v) is 3.51. The van der Waals surface area contributed by atoms with Gasteiger partial charge in [0.25, 0.3) is 0 Å². The zero-order valence-electron chi connectivity index (χ0n) is 12.2. The van der Waals surface area contributed by atoms with E-state index in [1.54, 1.807) is 24.3 Å². The molecule has 0 saturated heterocycles. The van der Waals surface area contributed by atoms with Crippen LogP contribution in [0.4, 0.5) is 8.78 Å². The molecule has 0 fully saturated rings. The Morgan fingerprint density at radius 2 is 1.41 bits per heavy atom. The first-order chi connectivity index (χ1) is 10.7. The molecule has 1 aromatic heterocycles. The van der Waals surface area contributed by atoms with E-state index in [0.717, 1.165) is 35.4 Å². The first kappa shape index (κ1) is 14.4. The number of imidazole rings is 1. The fourth-order valence-corrected chi connectivity index (χ4v) is 2.43. The predicted molar refractivity (Wildman–Crippen MR) is 83.4 cm³/mol. The van der Waals surface area contributed by atoms with Gasteiger partial charge in [0.1, 0.15) is 17.5 Å². The second-order valence-corrected chi connectivity index (χ2v) is 5.18. The van der Waals surface area contributed by atoms with Crippen molar-refractivity contribution in [2.75, 3.05) is 0 Å². The summed E-state index contributed by atoms with van der Waals surface area (Å²) >= 11 is 0. The molecule has 0 radical (unpaired) electrons. The first-order valence-corrected chi connectivity index (χ1v) is 7.28. The van der Waals surface area contributed by atoms with Gasteiger partial charge in [-0.05, 0) is 55.0 Å². The normalized spacial score (nSPS) is 10.9. The van der Waals surface area contributed by atoms with Crippen LogP contribution in [0.3, 0.4) is 0 Å². The molecule has 1 heterocycles. The van der Waals surface area contributed by atoms with Gasteiger partial charge in [-0.3, -0.25) is 0 Å². The number of aryl methyl sites for hydroxylation is 1. The lowest BCUT2D eigenvalue weighted by Crippen LogP contribution is -1.88. The number of nitrogens with zero attached hydrogens (tertiary/aromatic N) is 1. The Morgan fingerprint density at radius 1 is 0.864 bits per heavy atom.